The van der Waals surface area contributed by atoms with Crippen LogP contribution in [0.4, 0.5) is 5.95 Å². The largest absolute Gasteiger partial charge is 0.493 e. The summed E-state index contributed by atoms with van der Waals surface area (Å²) in [6.45, 7) is 2.99. The smallest absolute Gasteiger partial charge is 0.225 e. The second-order valence-electron chi connectivity index (χ2n) is 6.89. The molecule has 4 aromatic rings. The molecule has 1 aliphatic heterocycles. The molecule has 1 fully saturated rings. The normalized spacial score (nSPS) is 14.5. The van der Waals surface area contributed by atoms with E-state index >= 15 is 0 Å². The van der Waals surface area contributed by atoms with Crippen LogP contribution in [0.3, 0.4) is 0 Å². The van der Waals surface area contributed by atoms with Gasteiger partial charge in [0.15, 0.2) is 11.5 Å². The number of ether oxygens (including phenoxy) is 3. The molecule has 0 N–H and O–H groups in total. The molecule has 0 unspecified atom stereocenters. The van der Waals surface area contributed by atoms with Gasteiger partial charge in [0.1, 0.15) is 5.58 Å². The van der Waals surface area contributed by atoms with Gasteiger partial charge in [-0.1, -0.05) is 0 Å². The van der Waals surface area contributed by atoms with Gasteiger partial charge in [0, 0.05) is 42.0 Å². The zero-order valence-corrected chi connectivity index (χ0v) is 16.3. The molecule has 0 aliphatic carbocycles. The molecule has 7 nitrogen and oxygen atoms in total. The fourth-order valence-corrected chi connectivity index (χ4v) is 3.82. The van der Waals surface area contributed by atoms with Crippen molar-refractivity contribution in [2.75, 3.05) is 45.4 Å². The molecule has 7 heteroatoms. The molecule has 148 valence electrons. The van der Waals surface area contributed by atoms with Crippen molar-refractivity contribution in [3.63, 3.8) is 0 Å². The molecule has 0 saturated carbocycles. The van der Waals surface area contributed by atoms with E-state index in [0.717, 1.165) is 46.0 Å². The first-order valence-corrected chi connectivity index (χ1v) is 9.49. The number of furan rings is 1. The minimum absolute atomic E-state index is 0.665. The molecule has 0 bridgehead atoms. The van der Waals surface area contributed by atoms with Crippen LogP contribution in [0.5, 0.6) is 11.5 Å². The van der Waals surface area contributed by atoms with E-state index in [9.17, 15) is 0 Å². The van der Waals surface area contributed by atoms with Gasteiger partial charge in [-0.2, -0.15) is 0 Å². The van der Waals surface area contributed by atoms with E-state index in [2.05, 4.69) is 20.9 Å². The Morgan fingerprint density at radius 1 is 0.931 bits per heavy atom. The van der Waals surface area contributed by atoms with Gasteiger partial charge in [-0.25, -0.2) is 9.97 Å². The van der Waals surface area contributed by atoms with E-state index in [4.69, 9.17) is 18.6 Å². The summed E-state index contributed by atoms with van der Waals surface area (Å²) in [6, 6.07) is 7.99. The summed E-state index contributed by atoms with van der Waals surface area (Å²) < 4.78 is 22.2. The maximum absolute atomic E-state index is 5.83. The van der Waals surface area contributed by atoms with Gasteiger partial charge in [-0.05, 0) is 35.0 Å². The highest BCUT2D eigenvalue weighted by Gasteiger charge is 2.18. The van der Waals surface area contributed by atoms with Crippen LogP contribution >= 0.6 is 0 Å². The summed E-state index contributed by atoms with van der Waals surface area (Å²) in [6.07, 6.45) is 5.40. The number of benzene rings is 2. The summed E-state index contributed by atoms with van der Waals surface area (Å²) in [7, 11) is 3.27. The van der Waals surface area contributed by atoms with Crippen LogP contribution in [-0.2, 0) is 4.74 Å². The van der Waals surface area contributed by atoms with Gasteiger partial charge in [-0.15, -0.1) is 0 Å². The van der Waals surface area contributed by atoms with Gasteiger partial charge < -0.3 is 23.5 Å². The summed E-state index contributed by atoms with van der Waals surface area (Å²) in [5.41, 5.74) is 2.63. The maximum atomic E-state index is 5.83. The highest BCUT2D eigenvalue weighted by atomic mass is 16.5. The number of anilines is 1. The van der Waals surface area contributed by atoms with E-state index in [1.807, 2.05) is 30.6 Å². The van der Waals surface area contributed by atoms with Gasteiger partial charge in [0.05, 0.1) is 33.7 Å². The Labute approximate surface area is 167 Å². The molecule has 2 aromatic heterocycles. The van der Waals surface area contributed by atoms with Crippen LogP contribution in [-0.4, -0.2) is 50.5 Å². The van der Waals surface area contributed by atoms with Crippen molar-refractivity contribution >= 4 is 27.7 Å². The van der Waals surface area contributed by atoms with Crippen molar-refractivity contribution in [3.05, 3.63) is 42.9 Å². The van der Waals surface area contributed by atoms with Crippen LogP contribution in [0.25, 0.3) is 32.9 Å². The molecule has 0 amide bonds. The zero-order valence-electron chi connectivity index (χ0n) is 16.3. The third-order valence-corrected chi connectivity index (χ3v) is 5.28. The number of hydrogen-bond acceptors (Lipinski definition) is 7. The van der Waals surface area contributed by atoms with Crippen molar-refractivity contribution < 1.29 is 18.6 Å². The number of fused-ring (bicyclic) bond motifs is 2. The van der Waals surface area contributed by atoms with Crippen molar-refractivity contribution in [2.24, 2.45) is 0 Å². The first kappa shape index (κ1) is 17.8. The standard InChI is InChI=1S/C22H21N3O4/c1-26-18-10-15-9-14-3-6-29-21(14)20(17(15)11-19(18)27-2)16-12-23-22(24-13-16)25-4-7-28-8-5-25/h3,6,9-13H,4-5,7-8H2,1-2H3. The van der Waals surface area contributed by atoms with Crippen LogP contribution in [0, 0.1) is 0 Å². The van der Waals surface area contributed by atoms with Crippen LogP contribution < -0.4 is 14.4 Å². The lowest BCUT2D eigenvalue weighted by molar-refractivity contribution is 0.122. The first-order chi connectivity index (χ1) is 14.3. The lowest BCUT2D eigenvalue weighted by Gasteiger charge is -2.26. The number of hydrogen-bond donors (Lipinski definition) is 0. The molecule has 0 atom stereocenters. The van der Waals surface area contributed by atoms with E-state index in [1.165, 1.54) is 0 Å². The highest BCUT2D eigenvalue weighted by Crippen LogP contribution is 2.41. The second-order valence-corrected chi connectivity index (χ2v) is 6.89. The number of aromatic nitrogens is 2. The third-order valence-electron chi connectivity index (χ3n) is 5.28. The number of rotatable bonds is 4. The topological polar surface area (TPSA) is 69.9 Å². The summed E-state index contributed by atoms with van der Waals surface area (Å²) in [4.78, 5) is 11.4. The molecule has 2 aromatic carbocycles. The number of nitrogens with zero attached hydrogens (tertiary/aromatic N) is 3. The Bertz CT molecular complexity index is 1160. The van der Waals surface area contributed by atoms with E-state index < -0.39 is 0 Å². The molecule has 0 spiro atoms. The zero-order chi connectivity index (χ0) is 19.8. The molecular formula is C22H21N3O4. The highest BCUT2D eigenvalue weighted by molar-refractivity contribution is 6.11. The Balaban J connectivity index is 1.68. The molecule has 5 rings (SSSR count). The lowest BCUT2D eigenvalue weighted by Crippen LogP contribution is -2.37. The van der Waals surface area contributed by atoms with Crippen molar-refractivity contribution in [2.45, 2.75) is 0 Å². The Hall–Kier alpha value is -3.32. The summed E-state index contributed by atoms with van der Waals surface area (Å²) >= 11 is 0. The number of morpholine rings is 1. The first-order valence-electron chi connectivity index (χ1n) is 9.49. The lowest BCUT2D eigenvalue weighted by atomic mass is 9.97. The fraction of sp³-hybridized carbons (Fsp3) is 0.273. The predicted octanol–water partition coefficient (Wildman–Crippen LogP) is 3.90. The van der Waals surface area contributed by atoms with Crippen LogP contribution in [0.2, 0.25) is 0 Å². The molecule has 0 radical (unpaired) electrons. The summed E-state index contributed by atoms with van der Waals surface area (Å²) in [5, 5.41) is 3.04. The van der Waals surface area contributed by atoms with Crippen molar-refractivity contribution in [3.8, 4) is 22.6 Å². The molecule has 1 saturated heterocycles. The number of methoxy groups -OCH3 is 2. The molecule has 3 heterocycles. The molecule has 29 heavy (non-hydrogen) atoms. The van der Waals surface area contributed by atoms with Gasteiger partial charge >= 0.3 is 0 Å². The van der Waals surface area contributed by atoms with Crippen molar-refractivity contribution in [1.29, 1.82) is 0 Å². The Morgan fingerprint density at radius 2 is 1.66 bits per heavy atom. The third kappa shape index (κ3) is 3.03. The van der Waals surface area contributed by atoms with Crippen molar-refractivity contribution in [1.82, 2.24) is 9.97 Å². The molecular weight excluding hydrogens is 370 g/mol. The molecule has 1 aliphatic rings. The van der Waals surface area contributed by atoms with E-state index in [0.29, 0.717) is 30.7 Å². The van der Waals surface area contributed by atoms with Gasteiger partial charge in [0.2, 0.25) is 5.95 Å². The summed E-state index contributed by atoms with van der Waals surface area (Å²) in [5.74, 6) is 2.07. The average molecular weight is 391 g/mol. The van der Waals surface area contributed by atoms with Gasteiger partial charge in [0.25, 0.3) is 0 Å². The second kappa shape index (κ2) is 7.25. The van der Waals surface area contributed by atoms with Gasteiger partial charge in [-0.3, -0.25) is 0 Å². The fourth-order valence-electron chi connectivity index (χ4n) is 3.82. The minimum atomic E-state index is 0.665. The van der Waals surface area contributed by atoms with Crippen LogP contribution in [0.1, 0.15) is 0 Å². The quantitative estimate of drug-likeness (QED) is 0.523. The maximum Gasteiger partial charge on any atom is 0.225 e. The average Bonchev–Trinajstić information content (AvgIpc) is 3.25. The Morgan fingerprint density at radius 3 is 2.38 bits per heavy atom. The van der Waals surface area contributed by atoms with E-state index in [-0.39, 0.29) is 0 Å². The van der Waals surface area contributed by atoms with Crippen LogP contribution in [0.15, 0.2) is 47.3 Å². The Kier molecular flexibility index (Phi) is 4.44. The monoisotopic (exact) mass is 391 g/mol. The predicted molar refractivity (Wildman–Crippen MR) is 111 cm³/mol. The van der Waals surface area contributed by atoms with E-state index in [1.54, 1.807) is 20.5 Å². The SMILES string of the molecule is COc1cc2cc3ccoc3c(-c3cnc(N4CCOCC4)nc3)c2cc1OC. The minimum Gasteiger partial charge on any atom is -0.493 e.